The molecular weight excluding hydrogens is 469 g/mol. The molecule has 2 N–H and O–H groups in total. The predicted octanol–water partition coefficient (Wildman–Crippen LogP) is 4.66. The van der Waals surface area contributed by atoms with Crippen LogP contribution < -0.4 is 5.32 Å². The van der Waals surface area contributed by atoms with E-state index in [1.807, 2.05) is 0 Å². The fraction of sp³-hybridized carbons (Fsp3) is 0.333. The molecule has 4 rings (SSSR count). The average molecular weight is 487 g/mol. The Morgan fingerprint density at radius 2 is 1.84 bits per heavy atom. The van der Waals surface area contributed by atoms with Gasteiger partial charge in [0.05, 0.1) is 15.2 Å². The number of hydrogen-bond acceptors (Lipinski definition) is 5. The van der Waals surface area contributed by atoms with Crippen LogP contribution in [0, 0.1) is 35.2 Å². The lowest BCUT2D eigenvalue weighted by atomic mass is 9.90. The first-order valence-corrected chi connectivity index (χ1v) is 11.7. The summed E-state index contributed by atoms with van der Waals surface area (Å²) >= 11 is 6.18. The first kappa shape index (κ1) is 22.6. The zero-order valence-corrected chi connectivity index (χ0v) is 18.0. The van der Waals surface area contributed by atoms with Crippen molar-refractivity contribution in [2.24, 2.45) is 22.9 Å². The summed E-state index contributed by atoms with van der Waals surface area (Å²) in [5, 5.41) is 13.4. The molecule has 32 heavy (non-hydrogen) atoms. The molecule has 11 heteroatoms. The summed E-state index contributed by atoms with van der Waals surface area (Å²) in [4.78, 5) is 12.4. The van der Waals surface area contributed by atoms with E-state index >= 15 is 0 Å². The van der Waals surface area contributed by atoms with Gasteiger partial charge in [-0.05, 0) is 49.3 Å². The Labute approximate surface area is 187 Å². The van der Waals surface area contributed by atoms with Gasteiger partial charge in [0.2, 0.25) is 0 Å². The Balaban J connectivity index is 1.64. The van der Waals surface area contributed by atoms with Crippen LogP contribution in [0.25, 0.3) is 0 Å². The second kappa shape index (κ2) is 8.40. The zero-order valence-electron chi connectivity index (χ0n) is 16.4. The van der Waals surface area contributed by atoms with Gasteiger partial charge >= 0.3 is 0 Å². The fourth-order valence-corrected chi connectivity index (χ4v) is 7.82. The van der Waals surface area contributed by atoms with E-state index in [4.69, 9.17) is 16.8 Å². The number of fused-ring (bicyclic) bond motifs is 2. The molecule has 0 saturated heterocycles. The normalized spacial score (nSPS) is 24.9. The third-order valence-corrected chi connectivity index (χ3v) is 9.08. The van der Waals surface area contributed by atoms with Crippen molar-refractivity contribution in [3.8, 4) is 0 Å². The van der Waals surface area contributed by atoms with Gasteiger partial charge in [0.1, 0.15) is 0 Å². The van der Waals surface area contributed by atoms with Crippen molar-refractivity contribution in [3.63, 3.8) is 0 Å². The van der Waals surface area contributed by atoms with Crippen molar-refractivity contribution in [2.75, 3.05) is 5.32 Å². The van der Waals surface area contributed by atoms with Crippen LogP contribution in [0.1, 0.15) is 29.6 Å². The van der Waals surface area contributed by atoms with Crippen LogP contribution in [-0.4, -0.2) is 31.0 Å². The number of nitrogens with zero attached hydrogens (tertiary/aromatic N) is 1. The van der Waals surface area contributed by atoms with Crippen molar-refractivity contribution >= 4 is 39.2 Å². The molecule has 2 fully saturated rings. The Morgan fingerprint density at radius 1 is 1.16 bits per heavy atom. The van der Waals surface area contributed by atoms with Gasteiger partial charge < -0.3 is 10.5 Å². The van der Waals surface area contributed by atoms with Gasteiger partial charge in [-0.2, -0.15) is 0 Å². The summed E-state index contributed by atoms with van der Waals surface area (Å²) in [7, 11) is -3.93. The number of nitrogens with one attached hydrogen (secondary N) is 1. The molecule has 2 saturated carbocycles. The Bertz CT molecular complexity index is 1200. The summed E-state index contributed by atoms with van der Waals surface area (Å²) in [6.45, 7) is 0. The highest BCUT2D eigenvalue weighted by atomic mass is 35.5. The topological polar surface area (TPSA) is 95.8 Å². The van der Waals surface area contributed by atoms with Gasteiger partial charge in [0.15, 0.2) is 27.3 Å². The van der Waals surface area contributed by atoms with E-state index in [1.54, 1.807) is 0 Å². The van der Waals surface area contributed by atoms with Gasteiger partial charge in [0.25, 0.3) is 5.91 Å². The van der Waals surface area contributed by atoms with Crippen LogP contribution in [0.5, 0.6) is 0 Å². The maximum atomic E-state index is 13.5. The molecule has 0 aromatic heterocycles. The molecule has 4 atom stereocenters. The van der Waals surface area contributed by atoms with E-state index in [2.05, 4.69) is 10.5 Å². The molecule has 1 amide bonds. The van der Waals surface area contributed by atoms with Gasteiger partial charge in [-0.15, -0.1) is 5.16 Å². The number of benzene rings is 2. The highest BCUT2D eigenvalue weighted by Gasteiger charge is 2.54. The van der Waals surface area contributed by atoms with E-state index in [1.165, 1.54) is 18.3 Å². The molecule has 170 valence electrons. The van der Waals surface area contributed by atoms with Crippen molar-refractivity contribution < 1.29 is 31.6 Å². The van der Waals surface area contributed by atoms with E-state index in [9.17, 15) is 26.4 Å². The minimum atomic E-state index is -3.93. The number of hydrogen-bond donors (Lipinski definition) is 2. The monoisotopic (exact) mass is 486 g/mol. The molecule has 6 nitrogen and oxygen atoms in total. The largest absolute Gasteiger partial charge is 0.411 e. The molecular formula is C21H18ClF3N2O4S. The summed E-state index contributed by atoms with van der Waals surface area (Å²) in [5.41, 5.74) is -0.428. The van der Waals surface area contributed by atoms with Gasteiger partial charge in [-0.1, -0.05) is 11.6 Å². The summed E-state index contributed by atoms with van der Waals surface area (Å²) in [6.07, 6.45) is 3.34. The smallest absolute Gasteiger partial charge is 0.255 e. The summed E-state index contributed by atoms with van der Waals surface area (Å²) in [5.74, 6) is -5.96. The molecule has 2 unspecified atom stereocenters. The summed E-state index contributed by atoms with van der Waals surface area (Å²) < 4.78 is 66.9. The maximum Gasteiger partial charge on any atom is 0.255 e. The molecule has 0 spiro atoms. The lowest BCUT2D eigenvalue weighted by Gasteiger charge is -2.19. The maximum absolute atomic E-state index is 13.5. The van der Waals surface area contributed by atoms with Crippen LogP contribution in [-0.2, 0) is 9.84 Å². The highest BCUT2D eigenvalue weighted by molar-refractivity contribution is 7.92. The van der Waals surface area contributed by atoms with Crippen molar-refractivity contribution in [1.82, 2.24) is 0 Å². The van der Waals surface area contributed by atoms with Crippen LogP contribution in [0.3, 0.4) is 0 Å². The molecule has 2 aromatic rings. The second-order valence-electron chi connectivity index (χ2n) is 8.03. The number of rotatable bonds is 5. The molecule has 0 radical (unpaired) electrons. The number of amides is 1. The lowest BCUT2D eigenvalue weighted by molar-refractivity contribution is 0.102. The molecule has 0 aliphatic heterocycles. The first-order valence-electron chi connectivity index (χ1n) is 9.80. The minimum absolute atomic E-state index is 0.0564. The average Bonchev–Trinajstić information content (AvgIpc) is 3.31. The molecule has 2 aromatic carbocycles. The van der Waals surface area contributed by atoms with Crippen LogP contribution in [0.2, 0.25) is 5.02 Å². The van der Waals surface area contributed by atoms with Crippen molar-refractivity contribution in [3.05, 3.63) is 58.4 Å². The van der Waals surface area contributed by atoms with Crippen molar-refractivity contribution in [1.29, 1.82) is 0 Å². The summed E-state index contributed by atoms with van der Waals surface area (Å²) in [6, 6.07) is 4.89. The van der Waals surface area contributed by atoms with Gasteiger partial charge in [-0.3, -0.25) is 4.79 Å². The van der Waals surface area contributed by atoms with Gasteiger partial charge in [-0.25, -0.2) is 21.6 Å². The minimum Gasteiger partial charge on any atom is -0.411 e. The van der Waals surface area contributed by atoms with E-state index < -0.39 is 38.4 Å². The van der Waals surface area contributed by atoms with Crippen LogP contribution in [0.4, 0.5) is 18.9 Å². The predicted molar refractivity (Wildman–Crippen MR) is 111 cm³/mol. The molecule has 2 aliphatic carbocycles. The fourth-order valence-electron chi connectivity index (χ4n) is 4.90. The molecule has 0 heterocycles. The Hall–Kier alpha value is -2.59. The number of oxime groups is 1. The number of halogens is 4. The SMILES string of the molecule is O=C(Nc1cc(F)c(F)c(F)c1)c1ccc(Cl)c(S(=O)(=O)[C@@H]2C3CCC2[C@@H](/C=N/O)C3)c1. The second-order valence-corrected chi connectivity index (χ2v) is 10.5. The molecule has 2 bridgehead atoms. The number of sulfone groups is 1. The van der Waals surface area contributed by atoms with Crippen LogP contribution >= 0.6 is 11.6 Å². The molecule has 2 aliphatic rings. The quantitative estimate of drug-likeness (QED) is 0.278. The number of anilines is 1. The Kier molecular flexibility index (Phi) is 5.93. The van der Waals surface area contributed by atoms with Gasteiger partial charge in [0, 0.05) is 35.5 Å². The first-order chi connectivity index (χ1) is 15.1. The van der Waals surface area contributed by atoms with Crippen LogP contribution in [0.15, 0.2) is 40.4 Å². The highest BCUT2D eigenvalue weighted by Crippen LogP contribution is 2.52. The number of carbonyl (C=O) groups excluding carboxylic acids is 1. The van der Waals surface area contributed by atoms with E-state index in [0.717, 1.165) is 12.5 Å². The van der Waals surface area contributed by atoms with E-state index in [-0.39, 0.29) is 38.9 Å². The van der Waals surface area contributed by atoms with Crippen molar-refractivity contribution in [2.45, 2.75) is 29.4 Å². The third-order valence-electron chi connectivity index (χ3n) is 6.24. The lowest BCUT2D eigenvalue weighted by Crippen LogP contribution is -2.28. The number of carbonyl (C=O) groups is 1. The standard InChI is InChI=1S/C21H18ClF3N2O4S/c22-15-4-2-11(21(28)27-13-7-16(23)19(25)17(24)8-13)6-18(15)32(30,31)20-10-1-3-14(20)12(5-10)9-26-29/h2,4,6-10,12,14,20,29H,1,3,5H2,(H,27,28)/b26-9+/t10?,12-,14?,20-/m1/s1. The van der Waals surface area contributed by atoms with E-state index in [0.29, 0.717) is 25.0 Å². The zero-order chi connectivity index (χ0) is 23.2. The Morgan fingerprint density at radius 3 is 2.50 bits per heavy atom. The third kappa shape index (κ3) is 3.86.